The molecule has 106 valence electrons. The van der Waals surface area contributed by atoms with E-state index in [2.05, 4.69) is 45.6 Å². The van der Waals surface area contributed by atoms with Crippen LogP contribution in [0.25, 0.3) is 0 Å². The largest absolute Gasteiger partial charge is 0.271 e. The number of nitrogens with one attached hydrogen (secondary N) is 1. The summed E-state index contributed by atoms with van der Waals surface area (Å²) in [6.45, 7) is 0. The van der Waals surface area contributed by atoms with Crippen LogP contribution >= 0.6 is 27.5 Å². The summed E-state index contributed by atoms with van der Waals surface area (Å²) in [4.78, 5) is 0. The quantitative estimate of drug-likeness (QED) is 0.587. The summed E-state index contributed by atoms with van der Waals surface area (Å²) >= 11 is 9.61. The normalized spacial score (nSPS) is 12.3. The fourth-order valence-corrected chi connectivity index (χ4v) is 2.97. The van der Waals surface area contributed by atoms with Crippen molar-refractivity contribution in [3.63, 3.8) is 0 Å². The van der Waals surface area contributed by atoms with Crippen LogP contribution in [-0.4, -0.2) is 0 Å². The first-order valence-corrected chi connectivity index (χ1v) is 7.83. The average molecular weight is 354 g/mol. The van der Waals surface area contributed by atoms with Gasteiger partial charge in [0.15, 0.2) is 0 Å². The third-order valence-corrected chi connectivity index (χ3v) is 4.29. The molecule has 2 aromatic carbocycles. The van der Waals surface area contributed by atoms with Crippen LogP contribution < -0.4 is 11.3 Å². The minimum Gasteiger partial charge on any atom is -0.271 e. The molecule has 20 heavy (non-hydrogen) atoms. The van der Waals surface area contributed by atoms with Crippen molar-refractivity contribution in [3.8, 4) is 0 Å². The van der Waals surface area contributed by atoms with Gasteiger partial charge in [0.05, 0.1) is 0 Å². The molecule has 0 saturated heterocycles. The first kappa shape index (κ1) is 15.5. The van der Waals surface area contributed by atoms with Gasteiger partial charge in [0, 0.05) is 15.5 Å². The first-order valence-electron chi connectivity index (χ1n) is 6.65. The summed E-state index contributed by atoms with van der Waals surface area (Å²) < 4.78 is 1.03. The molecule has 2 aromatic rings. The number of nitrogens with two attached hydrogens (primary N) is 1. The van der Waals surface area contributed by atoms with E-state index in [0.717, 1.165) is 34.3 Å². The molecule has 1 unspecified atom stereocenters. The summed E-state index contributed by atoms with van der Waals surface area (Å²) in [7, 11) is 0. The van der Waals surface area contributed by atoms with Gasteiger partial charge in [0.25, 0.3) is 0 Å². The van der Waals surface area contributed by atoms with Gasteiger partial charge in [0.1, 0.15) is 0 Å². The number of hydrogen-bond acceptors (Lipinski definition) is 2. The molecule has 0 fully saturated rings. The molecule has 0 aliphatic rings. The lowest BCUT2D eigenvalue weighted by Crippen LogP contribution is -2.28. The monoisotopic (exact) mass is 352 g/mol. The summed E-state index contributed by atoms with van der Waals surface area (Å²) in [5.74, 6) is 5.69. The zero-order chi connectivity index (χ0) is 14.4. The van der Waals surface area contributed by atoms with Crippen molar-refractivity contribution in [3.05, 3.63) is 69.2 Å². The van der Waals surface area contributed by atoms with E-state index >= 15 is 0 Å². The van der Waals surface area contributed by atoms with Crippen molar-refractivity contribution in [2.45, 2.75) is 25.3 Å². The van der Waals surface area contributed by atoms with E-state index in [1.165, 1.54) is 5.56 Å². The molecule has 0 aliphatic heterocycles. The molecule has 0 aromatic heterocycles. The lowest BCUT2D eigenvalue weighted by Gasteiger charge is -2.18. The van der Waals surface area contributed by atoms with Crippen molar-refractivity contribution in [2.75, 3.05) is 0 Å². The average Bonchev–Trinajstić information content (AvgIpc) is 2.48. The Morgan fingerprint density at radius 1 is 1.15 bits per heavy atom. The molecule has 2 nitrogen and oxygen atoms in total. The van der Waals surface area contributed by atoms with Crippen LogP contribution in [0, 0.1) is 0 Å². The molecule has 1 atom stereocenters. The van der Waals surface area contributed by atoms with Gasteiger partial charge in [-0.3, -0.25) is 11.3 Å². The highest BCUT2D eigenvalue weighted by molar-refractivity contribution is 9.10. The van der Waals surface area contributed by atoms with E-state index in [-0.39, 0.29) is 6.04 Å². The van der Waals surface area contributed by atoms with Crippen LogP contribution in [0.4, 0.5) is 0 Å². The van der Waals surface area contributed by atoms with Crippen LogP contribution in [0.1, 0.15) is 30.0 Å². The highest BCUT2D eigenvalue weighted by Gasteiger charge is 2.13. The number of hydrazine groups is 1. The van der Waals surface area contributed by atoms with E-state index in [4.69, 9.17) is 17.4 Å². The number of halogens is 2. The standard InChI is InChI=1S/C16H18BrClN2/c17-15-10-9-13(18)11-14(15)16(20-19)8-4-7-12-5-2-1-3-6-12/h1-3,5-6,9-11,16,20H,4,7-8,19H2. The minimum absolute atomic E-state index is 0.104. The van der Waals surface area contributed by atoms with Gasteiger partial charge >= 0.3 is 0 Å². The van der Waals surface area contributed by atoms with Crippen LogP contribution in [-0.2, 0) is 6.42 Å². The molecular weight excluding hydrogens is 336 g/mol. The molecule has 0 bridgehead atoms. The van der Waals surface area contributed by atoms with Crippen LogP contribution in [0.3, 0.4) is 0 Å². The Bertz CT molecular complexity index is 545. The van der Waals surface area contributed by atoms with Gasteiger partial charge in [-0.2, -0.15) is 0 Å². The molecule has 0 amide bonds. The molecular formula is C16H18BrClN2. The maximum atomic E-state index is 6.06. The molecule has 4 heteroatoms. The van der Waals surface area contributed by atoms with E-state index in [1.807, 2.05) is 24.3 Å². The van der Waals surface area contributed by atoms with E-state index in [0.29, 0.717) is 0 Å². The second kappa shape index (κ2) is 7.79. The molecule has 3 N–H and O–H groups in total. The Balaban J connectivity index is 1.97. The summed E-state index contributed by atoms with van der Waals surface area (Å²) in [5.41, 5.74) is 5.34. The Labute approximate surface area is 133 Å². The van der Waals surface area contributed by atoms with Gasteiger partial charge in [-0.15, -0.1) is 0 Å². The highest BCUT2D eigenvalue weighted by atomic mass is 79.9. The topological polar surface area (TPSA) is 38.0 Å². The Hall–Kier alpha value is -0.870. The predicted molar refractivity (Wildman–Crippen MR) is 88.6 cm³/mol. The van der Waals surface area contributed by atoms with E-state index < -0.39 is 0 Å². The second-order valence-corrected chi connectivity index (χ2v) is 6.05. The second-order valence-electron chi connectivity index (χ2n) is 4.76. The molecule has 0 aliphatic carbocycles. The number of aryl methyl sites for hydroxylation is 1. The van der Waals surface area contributed by atoms with Gasteiger partial charge in [-0.1, -0.05) is 57.9 Å². The van der Waals surface area contributed by atoms with Gasteiger partial charge in [-0.25, -0.2) is 0 Å². The summed E-state index contributed by atoms with van der Waals surface area (Å²) in [6.07, 6.45) is 3.08. The molecule has 0 spiro atoms. The van der Waals surface area contributed by atoms with E-state index in [9.17, 15) is 0 Å². The van der Waals surface area contributed by atoms with Crippen molar-refractivity contribution in [1.82, 2.24) is 5.43 Å². The fourth-order valence-electron chi connectivity index (χ4n) is 2.27. The zero-order valence-electron chi connectivity index (χ0n) is 11.2. The van der Waals surface area contributed by atoms with Crippen molar-refractivity contribution in [2.24, 2.45) is 5.84 Å². The summed E-state index contributed by atoms with van der Waals surface area (Å²) in [5, 5.41) is 0.728. The summed E-state index contributed by atoms with van der Waals surface area (Å²) in [6, 6.07) is 16.4. The smallest absolute Gasteiger partial charge is 0.0471 e. The Morgan fingerprint density at radius 3 is 2.60 bits per heavy atom. The lowest BCUT2D eigenvalue weighted by atomic mass is 9.99. The maximum Gasteiger partial charge on any atom is 0.0471 e. The maximum absolute atomic E-state index is 6.06. The fraction of sp³-hybridized carbons (Fsp3) is 0.250. The van der Waals surface area contributed by atoms with Crippen molar-refractivity contribution in [1.29, 1.82) is 0 Å². The number of rotatable bonds is 6. The third kappa shape index (κ3) is 4.32. The van der Waals surface area contributed by atoms with Crippen LogP contribution in [0.2, 0.25) is 5.02 Å². The molecule has 0 heterocycles. The molecule has 0 radical (unpaired) electrons. The van der Waals surface area contributed by atoms with Gasteiger partial charge < -0.3 is 0 Å². The Kier molecular flexibility index (Phi) is 6.05. The first-order chi connectivity index (χ1) is 9.70. The predicted octanol–water partition coefficient (Wildman–Crippen LogP) is 4.63. The SMILES string of the molecule is NNC(CCCc1ccccc1)c1cc(Cl)ccc1Br. The Morgan fingerprint density at radius 2 is 1.90 bits per heavy atom. The van der Waals surface area contributed by atoms with Crippen molar-refractivity contribution >= 4 is 27.5 Å². The van der Waals surface area contributed by atoms with E-state index in [1.54, 1.807) is 0 Å². The molecule has 0 saturated carbocycles. The molecule has 2 rings (SSSR count). The highest BCUT2D eigenvalue weighted by Crippen LogP contribution is 2.29. The zero-order valence-corrected chi connectivity index (χ0v) is 13.5. The lowest BCUT2D eigenvalue weighted by molar-refractivity contribution is 0.497. The third-order valence-electron chi connectivity index (χ3n) is 3.34. The number of hydrogen-bond donors (Lipinski definition) is 2. The van der Waals surface area contributed by atoms with Crippen LogP contribution in [0.15, 0.2) is 53.0 Å². The van der Waals surface area contributed by atoms with Gasteiger partial charge in [-0.05, 0) is 48.6 Å². The van der Waals surface area contributed by atoms with Gasteiger partial charge in [0.2, 0.25) is 0 Å². The van der Waals surface area contributed by atoms with Crippen molar-refractivity contribution < 1.29 is 0 Å². The number of benzene rings is 2. The minimum atomic E-state index is 0.104. The van der Waals surface area contributed by atoms with Crippen LogP contribution in [0.5, 0.6) is 0 Å².